The Balaban J connectivity index is 1.46. The first-order valence-corrected chi connectivity index (χ1v) is 15.6. The molecule has 0 spiro atoms. The van der Waals surface area contributed by atoms with Crippen LogP contribution in [0.4, 0.5) is 0 Å². The molecule has 4 aromatic rings. The highest BCUT2D eigenvalue weighted by Gasteiger charge is 2.26. The summed E-state index contributed by atoms with van der Waals surface area (Å²) >= 11 is 7.77. The van der Waals surface area contributed by atoms with Gasteiger partial charge in [-0.2, -0.15) is 0 Å². The Bertz CT molecular complexity index is 1640. The summed E-state index contributed by atoms with van der Waals surface area (Å²) in [6.07, 6.45) is 7.69. The summed E-state index contributed by atoms with van der Waals surface area (Å²) in [5, 5.41) is 7.10. The van der Waals surface area contributed by atoms with Crippen LogP contribution in [0.15, 0.2) is 82.9 Å². The Morgan fingerprint density at radius 1 is 1.02 bits per heavy atom. The van der Waals surface area contributed by atoms with Gasteiger partial charge in [-0.25, -0.2) is 4.79 Å². The molecule has 2 atom stereocenters. The molecule has 1 aromatic heterocycles. The summed E-state index contributed by atoms with van der Waals surface area (Å²) in [5.41, 5.74) is 4.61. The number of ketones is 1. The average Bonchev–Trinajstić information content (AvgIpc) is 3.29. The van der Waals surface area contributed by atoms with Crippen molar-refractivity contribution in [2.24, 2.45) is 17.0 Å². The average molecular weight is 587 g/mol. The molecule has 1 aliphatic carbocycles. The van der Waals surface area contributed by atoms with Crippen molar-refractivity contribution < 1.29 is 14.4 Å². The third kappa shape index (κ3) is 6.60. The van der Waals surface area contributed by atoms with Crippen LogP contribution in [0.5, 0.6) is 0 Å². The minimum Gasteiger partial charge on any atom is -0.341 e. The maximum absolute atomic E-state index is 13.5. The Morgan fingerprint density at radius 3 is 2.37 bits per heavy atom. The van der Waals surface area contributed by atoms with Crippen LogP contribution in [0.3, 0.4) is 0 Å². The zero-order valence-electron chi connectivity index (χ0n) is 23.7. The summed E-state index contributed by atoms with van der Waals surface area (Å²) < 4.78 is 2.28. The number of oxime groups is 1. The maximum atomic E-state index is 13.5. The van der Waals surface area contributed by atoms with Crippen LogP contribution in [0.2, 0.25) is 5.02 Å². The molecule has 0 N–H and O–H groups in total. The molecule has 0 saturated carbocycles. The van der Waals surface area contributed by atoms with E-state index < -0.39 is 5.97 Å². The number of carbonyl (C=O) groups excluding carboxylic acids is 2. The molecule has 0 aliphatic heterocycles. The van der Waals surface area contributed by atoms with Crippen LogP contribution in [0, 0.1) is 11.8 Å². The van der Waals surface area contributed by atoms with Crippen LogP contribution in [0.1, 0.15) is 62.4 Å². The minimum absolute atomic E-state index is 0.0146. The van der Waals surface area contributed by atoms with Crippen molar-refractivity contribution in [2.75, 3.05) is 5.75 Å². The van der Waals surface area contributed by atoms with Gasteiger partial charge in [-0.05, 0) is 98.9 Å². The predicted octanol–water partition coefficient (Wildman–Crippen LogP) is 9.09. The van der Waals surface area contributed by atoms with E-state index in [0.717, 1.165) is 80.1 Å². The Hall–Kier alpha value is -3.35. The number of benzene rings is 3. The van der Waals surface area contributed by atoms with Gasteiger partial charge in [0.1, 0.15) is 0 Å². The number of fused-ring (bicyclic) bond motifs is 3. The van der Waals surface area contributed by atoms with Gasteiger partial charge in [0, 0.05) is 62.2 Å². The summed E-state index contributed by atoms with van der Waals surface area (Å²) in [6.45, 7) is 6.43. The third-order valence-electron chi connectivity index (χ3n) is 7.78. The number of Topliss-reactive ketones (excluding diaryl/α,β-unsaturated/α-hetero) is 1. The van der Waals surface area contributed by atoms with E-state index in [9.17, 15) is 9.59 Å². The fraction of sp³-hybridized carbons (Fsp3) is 0.324. The molecule has 212 valence electrons. The molecule has 7 heteroatoms. The molecule has 0 saturated heterocycles. The Morgan fingerprint density at radius 2 is 1.71 bits per heavy atom. The molecular weight excluding hydrogens is 552 g/mol. The molecule has 0 fully saturated rings. The molecule has 2 unspecified atom stereocenters. The van der Waals surface area contributed by atoms with Gasteiger partial charge >= 0.3 is 5.97 Å². The van der Waals surface area contributed by atoms with E-state index in [-0.39, 0.29) is 17.6 Å². The van der Waals surface area contributed by atoms with Gasteiger partial charge in [0.05, 0.1) is 5.71 Å². The number of allylic oxidation sites excluding steroid dienone is 2. The predicted molar refractivity (Wildman–Crippen MR) is 170 cm³/mol. The fourth-order valence-electron chi connectivity index (χ4n) is 5.67. The van der Waals surface area contributed by atoms with E-state index in [4.69, 9.17) is 16.4 Å². The van der Waals surface area contributed by atoms with Crippen LogP contribution < -0.4 is 0 Å². The molecule has 1 heterocycles. The standard InChI is InChI=1S/C34H35ClN2O3S/c1-4-37-32-17-11-24(31(36-40-23(3)38)10-7-19-41-27-15-13-26(35)14-16-27)20-29(32)30-21-25(12-18-33(30)37)34(39)28-9-6-5-8-22(28)2/h5,8,11-18,20-22,28H,4,6-7,9-10,19H2,1-3H3. The van der Waals surface area contributed by atoms with E-state index in [0.29, 0.717) is 6.42 Å². The van der Waals surface area contributed by atoms with Crippen molar-refractivity contribution in [3.8, 4) is 0 Å². The van der Waals surface area contributed by atoms with Gasteiger partial charge in [-0.15, -0.1) is 11.8 Å². The second-order valence-electron chi connectivity index (χ2n) is 10.6. The maximum Gasteiger partial charge on any atom is 0.331 e. The largest absolute Gasteiger partial charge is 0.341 e. The summed E-state index contributed by atoms with van der Waals surface area (Å²) in [7, 11) is 0. The van der Waals surface area contributed by atoms with Gasteiger partial charge in [-0.1, -0.05) is 41.9 Å². The molecule has 3 aromatic carbocycles. The zero-order chi connectivity index (χ0) is 28.9. The number of carbonyl (C=O) groups is 2. The third-order valence-corrected chi connectivity index (χ3v) is 9.13. The van der Waals surface area contributed by atoms with Crippen molar-refractivity contribution in [2.45, 2.75) is 57.9 Å². The Labute approximate surface area is 250 Å². The molecule has 0 radical (unpaired) electrons. The van der Waals surface area contributed by atoms with E-state index in [1.807, 2.05) is 36.4 Å². The molecule has 5 rings (SSSR count). The fourth-order valence-corrected chi connectivity index (χ4v) is 6.65. The zero-order valence-corrected chi connectivity index (χ0v) is 25.3. The summed E-state index contributed by atoms with van der Waals surface area (Å²) in [5.74, 6) is 0.914. The van der Waals surface area contributed by atoms with Crippen LogP contribution in [0.25, 0.3) is 21.8 Å². The molecule has 1 aliphatic rings. The van der Waals surface area contributed by atoms with Crippen LogP contribution in [-0.4, -0.2) is 27.8 Å². The quantitative estimate of drug-likeness (QED) is 0.0353. The lowest BCUT2D eigenvalue weighted by Gasteiger charge is -2.23. The lowest BCUT2D eigenvalue weighted by atomic mass is 9.80. The molecule has 5 nitrogen and oxygen atoms in total. The molecule has 0 bridgehead atoms. The van der Waals surface area contributed by atoms with Gasteiger partial charge < -0.3 is 9.40 Å². The first-order chi connectivity index (χ1) is 19.9. The number of thioether (sulfide) groups is 1. The van der Waals surface area contributed by atoms with Gasteiger partial charge in [-0.3, -0.25) is 4.79 Å². The van der Waals surface area contributed by atoms with Crippen molar-refractivity contribution in [1.29, 1.82) is 0 Å². The van der Waals surface area contributed by atoms with E-state index in [1.165, 1.54) is 6.92 Å². The monoisotopic (exact) mass is 586 g/mol. The van der Waals surface area contributed by atoms with E-state index >= 15 is 0 Å². The first-order valence-electron chi connectivity index (χ1n) is 14.3. The lowest BCUT2D eigenvalue weighted by Crippen LogP contribution is -2.23. The van der Waals surface area contributed by atoms with Crippen molar-refractivity contribution in [3.63, 3.8) is 0 Å². The highest BCUT2D eigenvalue weighted by Crippen LogP contribution is 2.34. The molecule has 41 heavy (non-hydrogen) atoms. The number of nitrogens with zero attached hydrogens (tertiary/aromatic N) is 2. The second-order valence-corrected chi connectivity index (χ2v) is 12.2. The minimum atomic E-state index is -0.448. The highest BCUT2D eigenvalue weighted by molar-refractivity contribution is 7.99. The van der Waals surface area contributed by atoms with Crippen LogP contribution in [-0.2, 0) is 16.2 Å². The normalized spacial score (nSPS) is 17.3. The molecule has 0 amide bonds. The van der Waals surface area contributed by atoms with Crippen LogP contribution >= 0.6 is 23.4 Å². The number of hydrogen-bond donors (Lipinski definition) is 0. The van der Waals surface area contributed by atoms with Crippen molar-refractivity contribution in [1.82, 2.24) is 4.57 Å². The van der Waals surface area contributed by atoms with Gasteiger partial charge in [0.2, 0.25) is 0 Å². The Kier molecular flexibility index (Phi) is 9.31. The molecular formula is C34H35ClN2O3S. The van der Waals surface area contributed by atoms with E-state index in [2.05, 4.69) is 60.0 Å². The van der Waals surface area contributed by atoms with Crippen molar-refractivity contribution >= 4 is 62.6 Å². The SMILES string of the molecule is CCn1c2ccc(C(=O)C3CCC=CC3C)cc2c2cc(C(CCCSc3ccc(Cl)cc3)=NOC(C)=O)ccc21. The smallest absolute Gasteiger partial charge is 0.331 e. The first kappa shape index (κ1) is 29.2. The second kappa shape index (κ2) is 13.1. The van der Waals surface area contributed by atoms with E-state index in [1.54, 1.807) is 11.8 Å². The number of halogens is 1. The topological polar surface area (TPSA) is 60.7 Å². The summed E-state index contributed by atoms with van der Waals surface area (Å²) in [4.78, 5) is 31.4. The number of rotatable bonds is 10. The van der Waals surface area contributed by atoms with Gasteiger partial charge in [0.15, 0.2) is 5.78 Å². The van der Waals surface area contributed by atoms with Crippen molar-refractivity contribution in [3.05, 3.63) is 89.0 Å². The lowest BCUT2D eigenvalue weighted by molar-refractivity contribution is -0.140. The highest BCUT2D eigenvalue weighted by atomic mass is 35.5. The summed E-state index contributed by atoms with van der Waals surface area (Å²) in [6, 6.07) is 20.2. The number of aryl methyl sites for hydroxylation is 1. The van der Waals surface area contributed by atoms with Gasteiger partial charge in [0.25, 0.3) is 0 Å². The number of hydrogen-bond acceptors (Lipinski definition) is 5. The number of aromatic nitrogens is 1.